The van der Waals surface area contributed by atoms with E-state index in [1.165, 1.54) is 26.4 Å². The zero-order chi connectivity index (χ0) is 33.5. The molecule has 0 saturated carbocycles. The van der Waals surface area contributed by atoms with Crippen molar-refractivity contribution in [3.05, 3.63) is 72.1 Å². The van der Waals surface area contributed by atoms with Gasteiger partial charge >= 0.3 is 5.91 Å². The Balaban J connectivity index is 0. The minimum atomic E-state index is -1.17. The molecule has 0 aromatic carbocycles. The Hall–Kier alpha value is -4.12. The summed E-state index contributed by atoms with van der Waals surface area (Å²) in [5.41, 5.74) is 1.22. The second kappa shape index (κ2) is 23.4. The first kappa shape index (κ1) is 41.0. The summed E-state index contributed by atoms with van der Waals surface area (Å²) < 4.78 is 5.37. The van der Waals surface area contributed by atoms with Crippen LogP contribution in [-0.4, -0.2) is 64.3 Å². The van der Waals surface area contributed by atoms with Gasteiger partial charge in [-0.3, -0.25) is 35.4 Å². The average molecular weight is 615 g/mol. The molecular formula is C32H50N6O4S. The SMILES string of the molecule is C/C=C(OC)\C(=C/N(C(C)=N)C(=N)C(=O)C(=O)Nc1nccs1)C(=O)N(CC)CCC(C)CC.C=C/C=C(/C)C=C.CC. The first-order valence-electron chi connectivity index (χ1n) is 14.2. The van der Waals surface area contributed by atoms with Gasteiger partial charge in [-0.2, -0.15) is 0 Å². The van der Waals surface area contributed by atoms with E-state index in [2.05, 4.69) is 37.3 Å². The number of ether oxygens (including phenoxy) is 1. The van der Waals surface area contributed by atoms with E-state index in [4.69, 9.17) is 15.6 Å². The van der Waals surface area contributed by atoms with Crippen molar-refractivity contribution < 1.29 is 19.1 Å². The number of likely N-dealkylation sites (N-methyl/N-ethyl adjacent to an activating group) is 1. The highest BCUT2D eigenvalue weighted by molar-refractivity contribution is 7.13. The van der Waals surface area contributed by atoms with E-state index in [-0.39, 0.29) is 28.2 Å². The van der Waals surface area contributed by atoms with Crippen LogP contribution in [0.3, 0.4) is 0 Å². The number of hydrogen-bond donors (Lipinski definition) is 3. The molecule has 1 aromatic heterocycles. The molecule has 2 amide bonds. The van der Waals surface area contributed by atoms with Gasteiger partial charge < -0.3 is 9.64 Å². The molecule has 0 aliphatic carbocycles. The van der Waals surface area contributed by atoms with E-state index in [9.17, 15) is 14.4 Å². The third-order valence-corrected chi connectivity index (χ3v) is 6.56. The number of Topliss-reactive ketones (excluding diaryl/α,β-unsaturated/α-hetero) is 1. The summed E-state index contributed by atoms with van der Waals surface area (Å²) in [6, 6.07) is 0. The number of nitrogens with one attached hydrogen (secondary N) is 3. The van der Waals surface area contributed by atoms with Crippen LogP contribution in [0.1, 0.15) is 68.2 Å². The average Bonchev–Trinajstić information content (AvgIpc) is 3.52. The van der Waals surface area contributed by atoms with Crippen molar-refractivity contribution in [1.29, 1.82) is 10.8 Å². The predicted molar refractivity (Wildman–Crippen MR) is 179 cm³/mol. The van der Waals surface area contributed by atoms with Gasteiger partial charge in [-0.05, 0) is 46.1 Å². The van der Waals surface area contributed by atoms with E-state index in [1.807, 2.05) is 33.8 Å². The number of thiazole rings is 1. The van der Waals surface area contributed by atoms with Crippen molar-refractivity contribution in [3.63, 3.8) is 0 Å². The van der Waals surface area contributed by atoms with Crippen molar-refractivity contribution in [1.82, 2.24) is 14.8 Å². The Bertz CT molecular complexity index is 1170. The molecule has 1 unspecified atom stereocenters. The Morgan fingerprint density at radius 3 is 2.21 bits per heavy atom. The largest absolute Gasteiger partial charge is 0.496 e. The summed E-state index contributed by atoms with van der Waals surface area (Å²) in [5, 5.41) is 20.5. The van der Waals surface area contributed by atoms with Crippen LogP contribution in [0.15, 0.2) is 72.1 Å². The number of ketones is 1. The van der Waals surface area contributed by atoms with Crippen LogP contribution in [0.25, 0.3) is 0 Å². The molecule has 10 nitrogen and oxygen atoms in total. The normalized spacial score (nSPS) is 11.8. The van der Waals surface area contributed by atoms with Crippen LogP contribution >= 0.6 is 11.3 Å². The van der Waals surface area contributed by atoms with E-state index in [1.54, 1.807) is 35.4 Å². The van der Waals surface area contributed by atoms with Crippen LogP contribution in [0.4, 0.5) is 5.13 Å². The number of amidine groups is 2. The molecule has 0 aliphatic heterocycles. The monoisotopic (exact) mass is 614 g/mol. The standard InChI is InChI=1S/C23H34N6O4S.C7H10.C2H6/c1-7-15(4)10-12-28(9-3)22(32)17(18(8-2)33-6)14-29(16(5)24)20(25)19(30)21(31)27-23-26-11-13-34-23;1-4-6-7(3)5-2;1-2/h8,11,13-15,24-25H,7,9-10,12H2,1-6H3,(H,26,27,31);4-6H,1-2H2,3H3;1-2H3/b17-14+,18-8+,24-16?,25-20?;7-6-;. The van der Waals surface area contributed by atoms with E-state index < -0.39 is 17.5 Å². The molecule has 11 heteroatoms. The summed E-state index contributed by atoms with van der Waals surface area (Å²) in [4.78, 5) is 44.8. The molecule has 0 aliphatic rings. The van der Waals surface area contributed by atoms with Crippen molar-refractivity contribution in [2.45, 2.75) is 68.2 Å². The molecule has 238 valence electrons. The number of hydrogen-bond acceptors (Lipinski definition) is 8. The van der Waals surface area contributed by atoms with Crippen molar-refractivity contribution in [2.24, 2.45) is 5.92 Å². The number of allylic oxidation sites excluding steroid dienone is 5. The molecule has 3 N–H and O–H groups in total. The first-order valence-corrected chi connectivity index (χ1v) is 15.1. The smallest absolute Gasteiger partial charge is 0.301 e. The lowest BCUT2D eigenvalue weighted by Crippen LogP contribution is -2.42. The Labute approximate surface area is 261 Å². The Kier molecular flexibility index (Phi) is 22.4. The lowest BCUT2D eigenvalue weighted by atomic mass is 10.0. The number of carbonyl (C=O) groups is 3. The van der Waals surface area contributed by atoms with Gasteiger partial charge in [-0.25, -0.2) is 4.98 Å². The number of amides is 2. The fourth-order valence-electron chi connectivity index (χ4n) is 3.13. The zero-order valence-corrected chi connectivity index (χ0v) is 28.1. The van der Waals surface area contributed by atoms with Gasteiger partial charge in [-0.1, -0.05) is 71.1 Å². The maximum absolute atomic E-state index is 13.4. The number of rotatable bonds is 14. The molecule has 0 bridgehead atoms. The molecule has 1 rings (SSSR count). The molecule has 0 spiro atoms. The minimum Gasteiger partial charge on any atom is -0.496 e. The zero-order valence-electron chi connectivity index (χ0n) is 27.2. The number of nitrogens with zero attached hydrogens (tertiary/aromatic N) is 3. The number of methoxy groups -OCH3 is 1. The summed E-state index contributed by atoms with van der Waals surface area (Å²) in [7, 11) is 1.41. The Morgan fingerprint density at radius 1 is 1.19 bits per heavy atom. The van der Waals surface area contributed by atoms with Crippen LogP contribution < -0.4 is 5.32 Å². The van der Waals surface area contributed by atoms with Crippen molar-refractivity contribution in [2.75, 3.05) is 25.5 Å². The third kappa shape index (κ3) is 15.1. The fraction of sp³-hybridized carbons (Fsp3) is 0.438. The van der Waals surface area contributed by atoms with E-state index in [0.29, 0.717) is 19.0 Å². The second-order valence-electron chi connectivity index (χ2n) is 8.86. The molecule has 1 heterocycles. The van der Waals surface area contributed by atoms with Crippen LogP contribution in [0.2, 0.25) is 0 Å². The number of carbonyl (C=O) groups excluding carboxylic acids is 3. The maximum atomic E-state index is 13.4. The van der Waals surface area contributed by atoms with Gasteiger partial charge in [0.15, 0.2) is 11.0 Å². The highest BCUT2D eigenvalue weighted by atomic mass is 32.1. The van der Waals surface area contributed by atoms with Gasteiger partial charge in [-0.15, -0.1) is 11.3 Å². The molecule has 0 fully saturated rings. The van der Waals surface area contributed by atoms with E-state index >= 15 is 0 Å². The Morgan fingerprint density at radius 2 is 1.81 bits per heavy atom. The second-order valence-corrected chi connectivity index (χ2v) is 9.76. The minimum absolute atomic E-state index is 0.0699. The molecular weight excluding hydrogens is 564 g/mol. The molecule has 43 heavy (non-hydrogen) atoms. The lowest BCUT2D eigenvalue weighted by Gasteiger charge is -2.26. The van der Waals surface area contributed by atoms with Crippen molar-refractivity contribution in [3.8, 4) is 0 Å². The maximum Gasteiger partial charge on any atom is 0.301 e. The van der Waals surface area contributed by atoms with Gasteiger partial charge in [0.2, 0.25) is 0 Å². The third-order valence-electron chi connectivity index (χ3n) is 5.87. The summed E-state index contributed by atoms with van der Waals surface area (Å²) >= 11 is 1.13. The van der Waals surface area contributed by atoms with Gasteiger partial charge in [0.25, 0.3) is 11.7 Å². The van der Waals surface area contributed by atoms with E-state index in [0.717, 1.165) is 34.7 Å². The molecule has 1 atom stereocenters. The van der Waals surface area contributed by atoms with Gasteiger partial charge in [0.05, 0.1) is 12.7 Å². The first-order chi connectivity index (χ1) is 20.4. The summed E-state index contributed by atoms with van der Waals surface area (Å²) in [6.07, 6.45) is 11.5. The highest BCUT2D eigenvalue weighted by Crippen LogP contribution is 2.18. The van der Waals surface area contributed by atoms with Crippen LogP contribution in [0.5, 0.6) is 0 Å². The molecule has 0 radical (unpaired) electrons. The highest BCUT2D eigenvalue weighted by Gasteiger charge is 2.28. The molecule has 0 saturated heterocycles. The number of aromatic nitrogens is 1. The predicted octanol–water partition coefficient (Wildman–Crippen LogP) is 6.98. The fourth-order valence-corrected chi connectivity index (χ4v) is 3.65. The van der Waals surface area contributed by atoms with Crippen LogP contribution in [-0.2, 0) is 19.1 Å². The van der Waals surface area contributed by atoms with Crippen LogP contribution in [0, 0.1) is 16.7 Å². The van der Waals surface area contributed by atoms with Crippen molar-refractivity contribution >= 4 is 45.7 Å². The van der Waals surface area contributed by atoms with Gasteiger partial charge in [0.1, 0.15) is 11.6 Å². The number of anilines is 1. The summed E-state index contributed by atoms with van der Waals surface area (Å²) in [6.45, 7) is 23.2. The lowest BCUT2D eigenvalue weighted by molar-refractivity contribution is -0.131. The van der Waals surface area contributed by atoms with Gasteiger partial charge in [0, 0.05) is 30.9 Å². The topological polar surface area (TPSA) is 140 Å². The molecule has 1 aromatic rings. The quantitative estimate of drug-likeness (QED) is 0.0516. The summed E-state index contributed by atoms with van der Waals surface area (Å²) in [5.74, 6) is -2.92.